The number of aromatic nitrogens is 1. The summed E-state index contributed by atoms with van der Waals surface area (Å²) in [5.74, 6) is 0.931. The van der Waals surface area contributed by atoms with Crippen LogP contribution in [0.2, 0.25) is 0 Å². The van der Waals surface area contributed by atoms with Gasteiger partial charge in [-0.05, 0) is 37.5 Å². The molecule has 0 radical (unpaired) electrons. The van der Waals surface area contributed by atoms with Crippen LogP contribution in [-0.2, 0) is 17.8 Å². The molecule has 1 fully saturated rings. The first-order chi connectivity index (χ1) is 8.65. The summed E-state index contributed by atoms with van der Waals surface area (Å²) < 4.78 is 5.60. The van der Waals surface area contributed by atoms with Gasteiger partial charge in [-0.1, -0.05) is 6.92 Å². The van der Waals surface area contributed by atoms with E-state index in [1.165, 1.54) is 0 Å². The van der Waals surface area contributed by atoms with Crippen molar-refractivity contribution in [3.05, 3.63) is 23.4 Å². The van der Waals surface area contributed by atoms with Gasteiger partial charge in [-0.2, -0.15) is 0 Å². The van der Waals surface area contributed by atoms with Crippen LogP contribution >= 0.6 is 0 Å². The Kier molecular flexibility index (Phi) is 4.19. The molecule has 1 aliphatic rings. The molecular formula is C14H22N2O2. The van der Waals surface area contributed by atoms with Crippen molar-refractivity contribution in [2.75, 3.05) is 18.6 Å². The maximum absolute atomic E-state index is 9.31. The van der Waals surface area contributed by atoms with Gasteiger partial charge in [0.25, 0.3) is 0 Å². The summed E-state index contributed by atoms with van der Waals surface area (Å²) in [6.45, 7) is 5.06. The van der Waals surface area contributed by atoms with Crippen molar-refractivity contribution in [1.29, 1.82) is 0 Å². The fraction of sp³-hybridized carbons (Fsp3) is 0.643. The van der Waals surface area contributed by atoms with E-state index in [0.717, 1.165) is 36.5 Å². The normalized spacial score (nSPS) is 23.3. The van der Waals surface area contributed by atoms with Crippen LogP contribution in [0.3, 0.4) is 0 Å². The van der Waals surface area contributed by atoms with Crippen molar-refractivity contribution in [2.45, 2.75) is 45.4 Å². The number of hydrogen-bond donors (Lipinski definition) is 1. The van der Waals surface area contributed by atoms with Crippen molar-refractivity contribution in [3.8, 4) is 0 Å². The summed E-state index contributed by atoms with van der Waals surface area (Å²) >= 11 is 0. The second-order valence-corrected chi connectivity index (χ2v) is 4.88. The number of aliphatic hydroxyl groups excluding tert-OH is 1. The SMILES string of the molecule is CCc1cc(CO)cc(N(C)C2CCOC2C)n1. The maximum atomic E-state index is 9.31. The number of aliphatic hydroxyl groups is 1. The average molecular weight is 250 g/mol. The van der Waals surface area contributed by atoms with E-state index in [-0.39, 0.29) is 12.7 Å². The summed E-state index contributed by atoms with van der Waals surface area (Å²) in [6, 6.07) is 4.30. The molecule has 1 N–H and O–H groups in total. The maximum Gasteiger partial charge on any atom is 0.129 e. The molecule has 0 bridgehead atoms. The largest absolute Gasteiger partial charge is 0.392 e. The molecule has 2 unspecified atom stereocenters. The molecule has 0 aliphatic carbocycles. The van der Waals surface area contributed by atoms with Gasteiger partial charge >= 0.3 is 0 Å². The number of pyridine rings is 1. The molecular weight excluding hydrogens is 228 g/mol. The van der Waals surface area contributed by atoms with Crippen LogP contribution in [-0.4, -0.2) is 35.9 Å². The zero-order chi connectivity index (χ0) is 13.1. The predicted molar refractivity (Wildman–Crippen MR) is 71.8 cm³/mol. The van der Waals surface area contributed by atoms with E-state index < -0.39 is 0 Å². The number of nitrogens with zero attached hydrogens (tertiary/aromatic N) is 2. The van der Waals surface area contributed by atoms with Crippen molar-refractivity contribution in [1.82, 2.24) is 4.98 Å². The summed E-state index contributed by atoms with van der Waals surface area (Å²) in [4.78, 5) is 6.81. The van der Waals surface area contributed by atoms with Crippen LogP contribution < -0.4 is 4.90 Å². The molecule has 0 aromatic carbocycles. The third kappa shape index (κ3) is 2.65. The van der Waals surface area contributed by atoms with Crippen LogP contribution in [0, 0.1) is 0 Å². The van der Waals surface area contributed by atoms with Crippen LogP contribution in [0.4, 0.5) is 5.82 Å². The summed E-state index contributed by atoms with van der Waals surface area (Å²) in [7, 11) is 2.05. The molecule has 0 saturated carbocycles. The Bertz CT molecular complexity index is 387. The van der Waals surface area contributed by atoms with Crippen molar-refractivity contribution in [3.63, 3.8) is 0 Å². The Morgan fingerprint density at radius 1 is 1.50 bits per heavy atom. The second-order valence-electron chi connectivity index (χ2n) is 4.88. The van der Waals surface area contributed by atoms with E-state index in [0.29, 0.717) is 6.04 Å². The summed E-state index contributed by atoms with van der Waals surface area (Å²) in [6.07, 6.45) is 2.15. The lowest BCUT2D eigenvalue weighted by Crippen LogP contribution is -2.37. The van der Waals surface area contributed by atoms with E-state index in [9.17, 15) is 5.11 Å². The molecule has 0 spiro atoms. The summed E-state index contributed by atoms with van der Waals surface area (Å²) in [5, 5.41) is 9.31. The third-order valence-corrected chi connectivity index (χ3v) is 3.66. The van der Waals surface area contributed by atoms with Crippen molar-refractivity contribution in [2.24, 2.45) is 0 Å². The molecule has 18 heavy (non-hydrogen) atoms. The van der Waals surface area contributed by atoms with Gasteiger partial charge in [0, 0.05) is 19.3 Å². The van der Waals surface area contributed by atoms with E-state index in [1.807, 2.05) is 12.1 Å². The molecule has 1 aliphatic heterocycles. The first-order valence-corrected chi connectivity index (χ1v) is 6.60. The lowest BCUT2D eigenvalue weighted by atomic mass is 10.1. The number of ether oxygens (including phenoxy) is 1. The molecule has 100 valence electrons. The number of likely N-dealkylation sites (N-methyl/N-ethyl adjacent to an activating group) is 1. The van der Waals surface area contributed by atoms with Gasteiger partial charge in [-0.25, -0.2) is 4.98 Å². The van der Waals surface area contributed by atoms with Crippen molar-refractivity contribution >= 4 is 5.82 Å². The monoisotopic (exact) mass is 250 g/mol. The van der Waals surface area contributed by atoms with Gasteiger partial charge < -0.3 is 14.7 Å². The number of anilines is 1. The average Bonchev–Trinajstić information content (AvgIpc) is 2.83. The highest BCUT2D eigenvalue weighted by Gasteiger charge is 2.28. The fourth-order valence-electron chi connectivity index (χ4n) is 2.49. The Labute approximate surface area is 109 Å². The van der Waals surface area contributed by atoms with Gasteiger partial charge in [0.2, 0.25) is 0 Å². The quantitative estimate of drug-likeness (QED) is 0.884. The van der Waals surface area contributed by atoms with E-state index in [2.05, 4.69) is 30.8 Å². The molecule has 1 aromatic rings. The van der Waals surface area contributed by atoms with Crippen LogP contribution in [0.5, 0.6) is 0 Å². The van der Waals surface area contributed by atoms with Gasteiger partial charge in [0.15, 0.2) is 0 Å². The fourth-order valence-corrected chi connectivity index (χ4v) is 2.49. The molecule has 4 nitrogen and oxygen atoms in total. The number of hydrogen-bond acceptors (Lipinski definition) is 4. The lowest BCUT2D eigenvalue weighted by molar-refractivity contribution is 0.118. The van der Waals surface area contributed by atoms with Crippen LogP contribution in [0.25, 0.3) is 0 Å². The molecule has 2 rings (SSSR count). The Hall–Kier alpha value is -1.13. The molecule has 1 saturated heterocycles. The van der Waals surface area contributed by atoms with Crippen molar-refractivity contribution < 1.29 is 9.84 Å². The minimum absolute atomic E-state index is 0.0626. The van der Waals surface area contributed by atoms with E-state index >= 15 is 0 Å². The first-order valence-electron chi connectivity index (χ1n) is 6.60. The molecule has 0 amide bonds. The first kappa shape index (κ1) is 13.3. The Balaban J connectivity index is 2.25. The topological polar surface area (TPSA) is 45.6 Å². The second kappa shape index (κ2) is 5.67. The van der Waals surface area contributed by atoms with Gasteiger partial charge in [0.05, 0.1) is 18.8 Å². The van der Waals surface area contributed by atoms with Gasteiger partial charge in [-0.15, -0.1) is 0 Å². The highest BCUT2D eigenvalue weighted by molar-refractivity contribution is 5.43. The van der Waals surface area contributed by atoms with E-state index in [4.69, 9.17) is 4.74 Å². The van der Waals surface area contributed by atoms with Gasteiger partial charge in [0.1, 0.15) is 5.82 Å². The molecule has 4 heteroatoms. The minimum atomic E-state index is 0.0626. The molecule has 2 heterocycles. The number of aryl methyl sites for hydroxylation is 1. The highest BCUT2D eigenvalue weighted by atomic mass is 16.5. The highest BCUT2D eigenvalue weighted by Crippen LogP contribution is 2.24. The zero-order valence-electron chi connectivity index (χ0n) is 11.4. The smallest absolute Gasteiger partial charge is 0.129 e. The minimum Gasteiger partial charge on any atom is -0.392 e. The lowest BCUT2D eigenvalue weighted by Gasteiger charge is -2.28. The zero-order valence-corrected chi connectivity index (χ0v) is 11.4. The Morgan fingerprint density at radius 2 is 2.28 bits per heavy atom. The van der Waals surface area contributed by atoms with Crippen LogP contribution in [0.1, 0.15) is 31.5 Å². The molecule has 1 aromatic heterocycles. The number of rotatable bonds is 4. The van der Waals surface area contributed by atoms with Gasteiger partial charge in [-0.3, -0.25) is 0 Å². The summed E-state index contributed by atoms with van der Waals surface area (Å²) in [5.41, 5.74) is 1.95. The molecule has 2 atom stereocenters. The third-order valence-electron chi connectivity index (χ3n) is 3.66. The standard InChI is InChI=1S/C14H22N2O2/c1-4-12-7-11(9-17)8-14(15-12)16(3)13-5-6-18-10(13)2/h7-8,10,13,17H,4-6,9H2,1-3H3. The Morgan fingerprint density at radius 3 is 2.83 bits per heavy atom. The van der Waals surface area contributed by atoms with Crippen LogP contribution in [0.15, 0.2) is 12.1 Å². The predicted octanol–water partition coefficient (Wildman–Crippen LogP) is 1.75. The van der Waals surface area contributed by atoms with E-state index in [1.54, 1.807) is 0 Å².